The molecule has 4 rings (SSSR count). The van der Waals surface area contributed by atoms with Gasteiger partial charge in [0.2, 0.25) is 16.0 Å². The highest BCUT2D eigenvalue weighted by Crippen LogP contribution is 2.30. The molecular weight excluding hydrogens is 394 g/mol. The Balaban J connectivity index is 1.60. The number of halogens is 2. The topological polar surface area (TPSA) is 104 Å². The number of hydrogen-bond donors (Lipinski definition) is 1. The molecule has 1 N–H and O–H groups in total. The summed E-state index contributed by atoms with van der Waals surface area (Å²) in [7, 11) is -3.23. The monoisotopic (exact) mass is 410 g/mol. The molecule has 1 aromatic carbocycles. The van der Waals surface area contributed by atoms with E-state index in [4.69, 9.17) is 0 Å². The van der Waals surface area contributed by atoms with Crippen LogP contribution < -0.4 is 4.90 Å². The number of piperazine rings is 1. The van der Waals surface area contributed by atoms with E-state index in [1.165, 1.54) is 33.8 Å². The molecule has 1 fully saturated rings. The molecule has 0 atom stereocenters. The minimum Gasteiger partial charge on any atom is -0.503 e. The fraction of sp³-hybridized carbons (Fsp3) is 0.312. The molecule has 0 aliphatic carbocycles. The minimum atomic E-state index is -3.23. The van der Waals surface area contributed by atoms with Gasteiger partial charge in [-0.2, -0.15) is 9.40 Å². The third kappa shape index (κ3) is 3.14. The van der Waals surface area contributed by atoms with Gasteiger partial charge in [0.25, 0.3) is 0 Å². The maximum atomic E-state index is 14.3. The van der Waals surface area contributed by atoms with Gasteiger partial charge in [0.15, 0.2) is 17.4 Å². The summed E-state index contributed by atoms with van der Waals surface area (Å²) in [6, 6.07) is 0.994. The Morgan fingerprint density at radius 2 is 1.71 bits per heavy atom. The van der Waals surface area contributed by atoms with Crippen LogP contribution in [0.1, 0.15) is 0 Å². The highest BCUT2D eigenvalue weighted by Gasteiger charge is 2.25. The fourth-order valence-electron chi connectivity index (χ4n) is 3.11. The summed E-state index contributed by atoms with van der Waals surface area (Å²) in [5.41, 5.74) is 0.246. The minimum absolute atomic E-state index is 0.0861. The average Bonchev–Trinajstić information content (AvgIpc) is 3.09. The van der Waals surface area contributed by atoms with Gasteiger partial charge in [0, 0.05) is 31.6 Å². The Kier molecular flexibility index (Phi) is 4.38. The van der Waals surface area contributed by atoms with Crippen molar-refractivity contribution in [2.24, 2.45) is 0 Å². The zero-order chi connectivity index (χ0) is 20.1. The lowest BCUT2D eigenvalue weighted by atomic mass is 10.2. The molecule has 0 saturated carbocycles. The van der Waals surface area contributed by atoms with Crippen LogP contribution in [0.5, 0.6) is 5.75 Å². The van der Waals surface area contributed by atoms with Gasteiger partial charge in [-0.3, -0.25) is 0 Å². The Morgan fingerprint density at radius 3 is 2.32 bits per heavy atom. The first kappa shape index (κ1) is 18.5. The van der Waals surface area contributed by atoms with Gasteiger partial charge in [-0.25, -0.2) is 31.8 Å². The zero-order valence-electron chi connectivity index (χ0n) is 14.7. The van der Waals surface area contributed by atoms with E-state index < -0.39 is 27.4 Å². The van der Waals surface area contributed by atoms with Crippen molar-refractivity contribution in [2.45, 2.75) is 0 Å². The van der Waals surface area contributed by atoms with E-state index in [9.17, 15) is 22.3 Å². The smallest absolute Gasteiger partial charge is 0.225 e. The molecule has 0 unspecified atom stereocenters. The first-order chi connectivity index (χ1) is 13.3. The Hall–Kier alpha value is -2.86. The molecule has 3 aromatic rings. The summed E-state index contributed by atoms with van der Waals surface area (Å²) in [6.45, 7) is 1.56. The molecule has 9 nitrogen and oxygen atoms in total. The molecule has 0 bridgehead atoms. The van der Waals surface area contributed by atoms with E-state index in [1.807, 2.05) is 4.90 Å². The fourth-order valence-corrected chi connectivity index (χ4v) is 3.94. The Morgan fingerprint density at radius 1 is 1.07 bits per heavy atom. The number of nitrogens with zero attached hydrogens (tertiary/aromatic N) is 6. The Labute approximate surface area is 158 Å². The number of phenols is 1. The zero-order valence-corrected chi connectivity index (χ0v) is 15.6. The number of sulfonamides is 1. The molecule has 28 heavy (non-hydrogen) atoms. The lowest BCUT2D eigenvalue weighted by molar-refractivity contribution is 0.385. The van der Waals surface area contributed by atoms with Crippen molar-refractivity contribution in [2.75, 3.05) is 37.3 Å². The number of benzene rings is 1. The molecule has 1 aliphatic rings. The standard InChI is InChI=1S/C16H16F2N6O3S/c1-28(26,27)23-4-2-22(3-5-23)16-19-8-11(9-20-16)24-14-10(7-21-24)6-12(17)15(25)13(14)18/h6-9,25H,2-5H2,1H3. The second-order valence-electron chi connectivity index (χ2n) is 6.41. The highest BCUT2D eigenvalue weighted by molar-refractivity contribution is 7.88. The number of aromatic nitrogens is 4. The number of rotatable bonds is 3. The maximum Gasteiger partial charge on any atom is 0.225 e. The third-order valence-corrected chi connectivity index (χ3v) is 5.88. The van der Waals surface area contributed by atoms with Gasteiger partial charge in [-0.1, -0.05) is 0 Å². The van der Waals surface area contributed by atoms with Crippen molar-refractivity contribution >= 4 is 26.9 Å². The van der Waals surface area contributed by atoms with Crippen LogP contribution in [0.25, 0.3) is 16.6 Å². The number of hydrogen-bond acceptors (Lipinski definition) is 7. The lowest BCUT2D eigenvalue weighted by Crippen LogP contribution is -2.48. The van der Waals surface area contributed by atoms with E-state index in [1.54, 1.807) is 0 Å². The van der Waals surface area contributed by atoms with Crippen LogP contribution in [-0.2, 0) is 10.0 Å². The van der Waals surface area contributed by atoms with E-state index in [2.05, 4.69) is 15.1 Å². The van der Waals surface area contributed by atoms with E-state index in [0.717, 1.165) is 6.07 Å². The number of fused-ring (bicyclic) bond motifs is 1. The van der Waals surface area contributed by atoms with Crippen molar-refractivity contribution in [3.63, 3.8) is 0 Å². The predicted octanol–water partition coefficient (Wildman–Crippen LogP) is 0.881. The second-order valence-corrected chi connectivity index (χ2v) is 8.39. The van der Waals surface area contributed by atoms with E-state index in [-0.39, 0.29) is 10.9 Å². The van der Waals surface area contributed by atoms with E-state index >= 15 is 0 Å². The van der Waals surface area contributed by atoms with Gasteiger partial charge in [-0.05, 0) is 6.07 Å². The average molecular weight is 410 g/mol. The SMILES string of the molecule is CS(=O)(=O)N1CCN(c2ncc(-n3ncc4cc(F)c(O)c(F)c43)cn2)CC1. The normalized spacial score (nSPS) is 16.0. The third-order valence-electron chi connectivity index (χ3n) is 4.58. The summed E-state index contributed by atoms with van der Waals surface area (Å²) in [6.07, 6.45) is 5.31. The molecule has 0 spiro atoms. The van der Waals surface area contributed by atoms with Gasteiger partial charge in [0.05, 0.1) is 24.8 Å². The largest absolute Gasteiger partial charge is 0.503 e. The van der Waals surface area contributed by atoms with Crippen LogP contribution in [-0.4, -0.2) is 70.0 Å². The molecule has 148 valence electrons. The molecule has 1 aliphatic heterocycles. The number of aromatic hydroxyl groups is 1. The number of anilines is 1. The van der Waals surface area contributed by atoms with Crippen molar-refractivity contribution in [1.29, 1.82) is 0 Å². The molecule has 3 heterocycles. The van der Waals surface area contributed by atoms with Crippen LogP contribution in [0.2, 0.25) is 0 Å². The lowest BCUT2D eigenvalue weighted by Gasteiger charge is -2.33. The van der Waals surface area contributed by atoms with Crippen LogP contribution in [0.4, 0.5) is 14.7 Å². The van der Waals surface area contributed by atoms with Crippen molar-refractivity contribution < 1.29 is 22.3 Å². The highest BCUT2D eigenvalue weighted by atomic mass is 32.2. The second kappa shape index (κ2) is 6.63. The molecular formula is C16H16F2N6O3S. The summed E-state index contributed by atoms with van der Waals surface area (Å²) in [5, 5.41) is 13.7. The summed E-state index contributed by atoms with van der Waals surface area (Å²) in [5.74, 6) is -2.85. The molecule has 2 aromatic heterocycles. The van der Waals surface area contributed by atoms with Crippen molar-refractivity contribution in [3.05, 3.63) is 36.3 Å². The quantitative estimate of drug-likeness (QED) is 0.684. The van der Waals surface area contributed by atoms with Gasteiger partial charge >= 0.3 is 0 Å². The van der Waals surface area contributed by atoms with Gasteiger partial charge in [0.1, 0.15) is 11.2 Å². The van der Waals surface area contributed by atoms with Crippen LogP contribution >= 0.6 is 0 Å². The molecule has 12 heteroatoms. The summed E-state index contributed by atoms with van der Waals surface area (Å²) >= 11 is 0. The predicted molar refractivity (Wildman–Crippen MR) is 96.9 cm³/mol. The van der Waals surface area contributed by atoms with Crippen LogP contribution in [0.15, 0.2) is 24.7 Å². The molecule has 0 radical (unpaired) electrons. The van der Waals surface area contributed by atoms with Crippen molar-refractivity contribution in [3.8, 4) is 11.4 Å². The number of phenolic OH excluding ortho intramolecular Hbond substituents is 1. The van der Waals surface area contributed by atoms with Crippen molar-refractivity contribution in [1.82, 2.24) is 24.1 Å². The molecule has 1 saturated heterocycles. The first-order valence-corrected chi connectivity index (χ1v) is 10.2. The van der Waals surface area contributed by atoms with Gasteiger partial charge in [-0.15, -0.1) is 0 Å². The summed E-state index contributed by atoms with van der Waals surface area (Å²) in [4.78, 5) is 10.3. The first-order valence-electron chi connectivity index (χ1n) is 8.33. The van der Waals surface area contributed by atoms with Crippen LogP contribution in [0, 0.1) is 11.6 Å². The molecule has 0 amide bonds. The summed E-state index contributed by atoms with van der Waals surface area (Å²) < 4.78 is 53.5. The van der Waals surface area contributed by atoms with Crippen LogP contribution in [0.3, 0.4) is 0 Å². The van der Waals surface area contributed by atoms with Gasteiger partial charge < -0.3 is 10.0 Å². The Bertz CT molecular complexity index is 1140. The maximum absolute atomic E-state index is 14.3. The van der Waals surface area contributed by atoms with E-state index in [0.29, 0.717) is 37.8 Å².